The molecule has 0 heterocycles. The zero-order valence-corrected chi connectivity index (χ0v) is 15.9. The van der Waals surface area contributed by atoms with Gasteiger partial charge in [0.25, 0.3) is 0 Å². The molecular weight excluding hydrogens is 284 g/mol. The van der Waals surface area contributed by atoms with Crippen LogP contribution in [0.2, 0.25) is 0 Å². The Bertz CT molecular complexity index is 206. The lowest BCUT2D eigenvalue weighted by atomic mass is 10.0. The van der Waals surface area contributed by atoms with Gasteiger partial charge in [0.1, 0.15) is 0 Å². The van der Waals surface area contributed by atoms with E-state index in [-0.39, 0.29) is 12.7 Å². The second kappa shape index (κ2) is 20.0. The number of hydrogen-bond acceptors (Lipinski definition) is 2. The average molecular weight is 329 g/mol. The normalized spacial score (nSPS) is 12.7. The molecule has 0 bridgehead atoms. The average Bonchev–Trinajstić information content (AvgIpc) is 2.54. The molecule has 0 aliphatic rings. The first kappa shape index (κ1) is 22.9. The fourth-order valence-corrected chi connectivity index (χ4v) is 3.22. The van der Waals surface area contributed by atoms with Crippen molar-refractivity contribution in [2.24, 2.45) is 0 Å². The summed E-state index contributed by atoms with van der Waals surface area (Å²) in [5.41, 5.74) is 0. The van der Waals surface area contributed by atoms with Crippen LogP contribution in [0.4, 0.5) is 0 Å². The van der Waals surface area contributed by atoms with Crippen molar-refractivity contribution in [3.05, 3.63) is 0 Å². The van der Waals surface area contributed by atoms with Crippen molar-refractivity contribution in [2.45, 2.75) is 129 Å². The van der Waals surface area contributed by atoms with Gasteiger partial charge in [0.2, 0.25) is 0 Å². The molecule has 0 aliphatic heterocycles. The summed E-state index contributed by atoms with van der Waals surface area (Å²) in [5, 5.41) is 18.2. The van der Waals surface area contributed by atoms with E-state index in [0.29, 0.717) is 6.42 Å². The van der Waals surface area contributed by atoms with Crippen molar-refractivity contribution in [3.63, 3.8) is 0 Å². The molecule has 2 heteroatoms. The Labute approximate surface area is 146 Å². The van der Waals surface area contributed by atoms with Gasteiger partial charge >= 0.3 is 0 Å². The van der Waals surface area contributed by atoms with Crippen LogP contribution in [-0.4, -0.2) is 22.9 Å². The number of unbranched alkanes of at least 4 members (excludes halogenated alkanes) is 15. The molecule has 0 amide bonds. The molecule has 0 aliphatic carbocycles. The van der Waals surface area contributed by atoms with Crippen molar-refractivity contribution in [2.75, 3.05) is 6.61 Å². The molecule has 1 atom stereocenters. The second-order valence-electron chi connectivity index (χ2n) is 7.26. The van der Waals surface area contributed by atoms with Gasteiger partial charge in [-0.25, -0.2) is 0 Å². The zero-order valence-electron chi connectivity index (χ0n) is 15.9. The van der Waals surface area contributed by atoms with E-state index in [1.54, 1.807) is 0 Å². The second-order valence-corrected chi connectivity index (χ2v) is 7.26. The van der Waals surface area contributed by atoms with E-state index in [1.165, 1.54) is 96.3 Å². The summed E-state index contributed by atoms with van der Waals surface area (Å²) < 4.78 is 0. The van der Waals surface area contributed by atoms with Gasteiger partial charge in [-0.05, 0) is 12.8 Å². The molecule has 2 N–H and O–H groups in total. The van der Waals surface area contributed by atoms with E-state index < -0.39 is 0 Å². The van der Waals surface area contributed by atoms with Crippen molar-refractivity contribution >= 4 is 0 Å². The van der Waals surface area contributed by atoms with Crippen LogP contribution < -0.4 is 0 Å². The predicted octanol–water partition coefficient (Wildman–Crippen LogP) is 6.38. The molecule has 2 nitrogen and oxygen atoms in total. The van der Waals surface area contributed by atoms with E-state index in [0.717, 1.165) is 12.8 Å². The van der Waals surface area contributed by atoms with Crippen molar-refractivity contribution in [3.8, 4) is 0 Å². The molecule has 0 aromatic carbocycles. The van der Waals surface area contributed by atoms with Crippen molar-refractivity contribution in [1.29, 1.82) is 0 Å². The van der Waals surface area contributed by atoms with Crippen LogP contribution in [0.1, 0.15) is 122 Å². The van der Waals surface area contributed by atoms with E-state index in [1.807, 2.05) is 0 Å². The van der Waals surface area contributed by atoms with Gasteiger partial charge in [-0.15, -0.1) is 0 Å². The maximum Gasteiger partial charge on any atom is 0.0562 e. The molecule has 0 fully saturated rings. The van der Waals surface area contributed by atoms with Gasteiger partial charge in [0.15, 0.2) is 0 Å². The molecule has 23 heavy (non-hydrogen) atoms. The molecule has 1 unspecified atom stereocenters. The molecule has 0 saturated heterocycles. The lowest BCUT2D eigenvalue weighted by Gasteiger charge is -2.08. The molecule has 0 spiro atoms. The Balaban J connectivity index is 3.00. The fourth-order valence-electron chi connectivity index (χ4n) is 3.22. The van der Waals surface area contributed by atoms with Crippen LogP contribution in [0.15, 0.2) is 0 Å². The Morgan fingerprint density at radius 1 is 0.522 bits per heavy atom. The maximum absolute atomic E-state index is 9.50. The first-order valence-electron chi connectivity index (χ1n) is 10.6. The quantitative estimate of drug-likeness (QED) is 0.270. The maximum atomic E-state index is 9.50. The highest BCUT2D eigenvalue weighted by Crippen LogP contribution is 2.14. The van der Waals surface area contributed by atoms with E-state index in [4.69, 9.17) is 5.11 Å². The third-order valence-corrected chi connectivity index (χ3v) is 4.85. The van der Waals surface area contributed by atoms with Gasteiger partial charge in [-0.2, -0.15) is 0 Å². The van der Waals surface area contributed by atoms with Gasteiger partial charge in [-0.3, -0.25) is 0 Å². The monoisotopic (exact) mass is 328 g/mol. The molecule has 0 radical (unpaired) electrons. The van der Waals surface area contributed by atoms with Gasteiger partial charge < -0.3 is 10.2 Å². The minimum absolute atomic E-state index is 0.111. The summed E-state index contributed by atoms with van der Waals surface area (Å²) in [7, 11) is 0. The van der Waals surface area contributed by atoms with Gasteiger partial charge in [0, 0.05) is 6.61 Å². The summed E-state index contributed by atoms with van der Waals surface area (Å²) in [5.74, 6) is 0. The summed E-state index contributed by atoms with van der Waals surface area (Å²) in [4.78, 5) is 0. The highest BCUT2D eigenvalue weighted by Gasteiger charge is 2.02. The standard InChI is InChI=1S/C21H44O2/c1-2-3-4-5-6-7-8-9-10-11-12-13-14-15-16-17-18-21(23)19-20-22/h21-23H,2-20H2,1H3. The Kier molecular flexibility index (Phi) is 19.9. The topological polar surface area (TPSA) is 40.5 Å². The molecule has 140 valence electrons. The van der Waals surface area contributed by atoms with Crippen LogP contribution in [0, 0.1) is 0 Å². The summed E-state index contributed by atoms with van der Waals surface area (Å²) in [6.45, 7) is 2.39. The molecule has 0 rings (SSSR count). The smallest absolute Gasteiger partial charge is 0.0562 e. The minimum Gasteiger partial charge on any atom is -0.396 e. The van der Waals surface area contributed by atoms with E-state index in [9.17, 15) is 5.11 Å². The summed E-state index contributed by atoms with van der Waals surface area (Å²) in [6.07, 6.45) is 23.2. The predicted molar refractivity (Wildman–Crippen MR) is 102 cm³/mol. The SMILES string of the molecule is CCCCCCCCCCCCCCCCCCC(O)CCO. The van der Waals surface area contributed by atoms with E-state index in [2.05, 4.69) is 6.92 Å². The zero-order chi connectivity index (χ0) is 17.0. The van der Waals surface area contributed by atoms with Crippen LogP contribution in [0.3, 0.4) is 0 Å². The highest BCUT2D eigenvalue weighted by atomic mass is 16.3. The third kappa shape index (κ3) is 19.9. The third-order valence-electron chi connectivity index (χ3n) is 4.85. The Morgan fingerprint density at radius 2 is 0.870 bits per heavy atom. The van der Waals surface area contributed by atoms with Crippen molar-refractivity contribution in [1.82, 2.24) is 0 Å². The van der Waals surface area contributed by atoms with Crippen LogP contribution in [0.25, 0.3) is 0 Å². The highest BCUT2D eigenvalue weighted by molar-refractivity contribution is 4.55. The largest absolute Gasteiger partial charge is 0.396 e. The van der Waals surface area contributed by atoms with Crippen LogP contribution in [-0.2, 0) is 0 Å². The van der Waals surface area contributed by atoms with Crippen LogP contribution in [0.5, 0.6) is 0 Å². The number of aliphatic hydroxyl groups is 2. The molecule has 0 saturated carbocycles. The van der Waals surface area contributed by atoms with E-state index >= 15 is 0 Å². The Hall–Kier alpha value is -0.0800. The van der Waals surface area contributed by atoms with Crippen molar-refractivity contribution < 1.29 is 10.2 Å². The summed E-state index contributed by atoms with van der Waals surface area (Å²) in [6, 6.07) is 0. The number of rotatable bonds is 19. The molecular formula is C21H44O2. The number of hydrogen-bond donors (Lipinski definition) is 2. The Morgan fingerprint density at radius 3 is 1.22 bits per heavy atom. The fraction of sp³-hybridized carbons (Fsp3) is 1.00. The number of aliphatic hydroxyl groups excluding tert-OH is 2. The minimum atomic E-state index is -0.286. The first-order valence-corrected chi connectivity index (χ1v) is 10.6. The summed E-state index contributed by atoms with van der Waals surface area (Å²) >= 11 is 0. The van der Waals surface area contributed by atoms with Crippen LogP contribution >= 0.6 is 0 Å². The molecule has 0 aromatic rings. The van der Waals surface area contributed by atoms with Gasteiger partial charge in [0.05, 0.1) is 6.10 Å². The first-order chi connectivity index (χ1) is 11.3. The van der Waals surface area contributed by atoms with Gasteiger partial charge in [-0.1, -0.05) is 110 Å². The lowest BCUT2D eigenvalue weighted by molar-refractivity contribution is 0.122. The molecule has 0 aromatic heterocycles. The lowest BCUT2D eigenvalue weighted by Crippen LogP contribution is -2.08.